The van der Waals surface area contributed by atoms with Crippen LogP contribution in [0.25, 0.3) is 11.3 Å². The average molecular weight is 473 g/mol. The van der Waals surface area contributed by atoms with Crippen LogP contribution in [-0.2, 0) is 0 Å². The zero-order valence-corrected chi connectivity index (χ0v) is 19.0. The number of hydrogen-bond donors (Lipinski definition) is 1. The molecule has 1 N–H and O–H groups in total. The fraction of sp³-hybridized carbons (Fsp3) is 0.208. The summed E-state index contributed by atoms with van der Waals surface area (Å²) < 4.78 is 29.5. The maximum absolute atomic E-state index is 13.5. The van der Waals surface area contributed by atoms with E-state index in [0.717, 1.165) is 0 Å². The van der Waals surface area contributed by atoms with E-state index < -0.39 is 17.5 Å². The van der Waals surface area contributed by atoms with Crippen LogP contribution in [0.15, 0.2) is 48.5 Å². The van der Waals surface area contributed by atoms with Gasteiger partial charge in [0.15, 0.2) is 17.3 Å². The highest BCUT2D eigenvalue weighted by molar-refractivity contribution is 6.31. The zero-order chi connectivity index (χ0) is 24.0. The first-order valence-electron chi connectivity index (χ1n) is 10.0. The molecule has 33 heavy (non-hydrogen) atoms. The Balaban J connectivity index is 1.76. The van der Waals surface area contributed by atoms with Crippen molar-refractivity contribution in [3.63, 3.8) is 0 Å². The van der Waals surface area contributed by atoms with Crippen molar-refractivity contribution in [1.29, 1.82) is 0 Å². The minimum atomic E-state index is -0.569. The lowest BCUT2D eigenvalue weighted by Gasteiger charge is -2.12. The Bertz CT molecular complexity index is 1190. The number of carbonyl (C=O) groups is 2. The van der Waals surface area contributed by atoms with Crippen molar-refractivity contribution < 1.29 is 28.2 Å². The highest BCUT2D eigenvalue weighted by atomic mass is 35.5. The summed E-state index contributed by atoms with van der Waals surface area (Å²) in [6, 6.07) is 11.9. The van der Waals surface area contributed by atoms with E-state index in [1.54, 1.807) is 18.2 Å². The molecular formula is C24H22ClFN2O5. The average Bonchev–Trinajstić information content (AvgIpc) is 2.84. The molecule has 0 radical (unpaired) electrons. The molecular weight excluding hydrogens is 451 g/mol. The first kappa shape index (κ1) is 24.0. The van der Waals surface area contributed by atoms with E-state index in [0.29, 0.717) is 40.7 Å². The van der Waals surface area contributed by atoms with Crippen LogP contribution in [0.1, 0.15) is 27.8 Å². The maximum Gasteiger partial charge on any atom is 0.251 e. The van der Waals surface area contributed by atoms with E-state index in [2.05, 4.69) is 10.3 Å². The number of benzene rings is 2. The summed E-state index contributed by atoms with van der Waals surface area (Å²) in [4.78, 5) is 29.6. The quantitative estimate of drug-likeness (QED) is 0.459. The van der Waals surface area contributed by atoms with Gasteiger partial charge in [-0.05, 0) is 55.5 Å². The lowest BCUT2D eigenvalue weighted by atomic mass is 10.1. The number of hydrogen-bond acceptors (Lipinski definition) is 6. The second-order valence-electron chi connectivity index (χ2n) is 6.78. The van der Waals surface area contributed by atoms with Gasteiger partial charge >= 0.3 is 0 Å². The van der Waals surface area contributed by atoms with E-state index in [1.165, 1.54) is 44.6 Å². The van der Waals surface area contributed by atoms with Crippen molar-refractivity contribution in [3.8, 4) is 28.5 Å². The summed E-state index contributed by atoms with van der Waals surface area (Å²) in [5.74, 6) is -0.124. The summed E-state index contributed by atoms with van der Waals surface area (Å²) >= 11 is 5.88. The van der Waals surface area contributed by atoms with Crippen LogP contribution in [0.5, 0.6) is 17.2 Å². The van der Waals surface area contributed by atoms with Gasteiger partial charge in [0.1, 0.15) is 23.0 Å². The number of aromatic nitrogens is 1. The molecule has 172 valence electrons. The molecule has 0 saturated carbocycles. The van der Waals surface area contributed by atoms with E-state index in [-0.39, 0.29) is 17.3 Å². The molecule has 0 aliphatic rings. The fourth-order valence-corrected chi connectivity index (χ4v) is 3.23. The van der Waals surface area contributed by atoms with Gasteiger partial charge < -0.3 is 19.5 Å². The molecule has 3 aromatic rings. The zero-order valence-electron chi connectivity index (χ0n) is 18.3. The molecule has 0 saturated heterocycles. The Hall–Kier alpha value is -3.65. The van der Waals surface area contributed by atoms with Crippen molar-refractivity contribution in [3.05, 3.63) is 70.6 Å². The number of carbonyl (C=O) groups excluding carboxylic acids is 2. The number of Topliss-reactive ketones (excluding diaryl/α,β-unsaturated/α-hetero) is 1. The molecule has 7 nitrogen and oxygen atoms in total. The maximum atomic E-state index is 13.5. The van der Waals surface area contributed by atoms with Crippen molar-refractivity contribution in [2.75, 3.05) is 27.4 Å². The number of halogens is 2. The van der Waals surface area contributed by atoms with E-state index >= 15 is 0 Å². The van der Waals surface area contributed by atoms with Gasteiger partial charge in [-0.1, -0.05) is 11.6 Å². The van der Waals surface area contributed by atoms with Gasteiger partial charge in [0.25, 0.3) is 5.91 Å². The molecule has 0 aliphatic heterocycles. The lowest BCUT2D eigenvalue weighted by molar-refractivity contribution is 0.0902. The Morgan fingerprint density at radius 2 is 1.73 bits per heavy atom. The molecule has 0 bridgehead atoms. The van der Waals surface area contributed by atoms with Crippen LogP contribution >= 0.6 is 11.6 Å². The Morgan fingerprint density at radius 1 is 1.00 bits per heavy atom. The number of nitrogens with zero attached hydrogens (tertiary/aromatic N) is 1. The highest BCUT2D eigenvalue weighted by Gasteiger charge is 2.17. The number of nitrogens with one attached hydrogen (secondary N) is 1. The van der Waals surface area contributed by atoms with Crippen molar-refractivity contribution in [2.24, 2.45) is 0 Å². The lowest BCUT2D eigenvalue weighted by Crippen LogP contribution is -2.30. The molecule has 1 amide bonds. The van der Waals surface area contributed by atoms with Crippen LogP contribution < -0.4 is 19.5 Å². The smallest absolute Gasteiger partial charge is 0.251 e. The molecule has 0 atom stereocenters. The van der Waals surface area contributed by atoms with Crippen molar-refractivity contribution in [2.45, 2.75) is 6.92 Å². The van der Waals surface area contributed by atoms with Gasteiger partial charge in [-0.2, -0.15) is 0 Å². The van der Waals surface area contributed by atoms with Crippen LogP contribution in [0.4, 0.5) is 4.39 Å². The summed E-state index contributed by atoms with van der Waals surface area (Å²) in [5.41, 5.74) is 1.23. The third kappa shape index (κ3) is 5.59. The Kier molecular flexibility index (Phi) is 7.84. The van der Waals surface area contributed by atoms with Gasteiger partial charge in [0, 0.05) is 11.1 Å². The third-order valence-electron chi connectivity index (χ3n) is 4.69. The predicted octanol–water partition coefficient (Wildman–Crippen LogP) is 4.57. The van der Waals surface area contributed by atoms with Crippen LogP contribution in [0.3, 0.4) is 0 Å². The largest absolute Gasteiger partial charge is 0.494 e. The predicted molar refractivity (Wildman–Crippen MR) is 122 cm³/mol. The Labute approximate surface area is 195 Å². The molecule has 3 rings (SSSR count). The SMILES string of the molecule is CCOc1ccc(C(=O)NCC(=O)c2ccc(OC)c(-c3ccc(F)c(Cl)c3)n2)cc1OC. The number of ketones is 1. The van der Waals surface area contributed by atoms with Gasteiger partial charge in [0.2, 0.25) is 0 Å². The number of ether oxygens (including phenoxy) is 3. The summed E-state index contributed by atoms with van der Waals surface area (Å²) in [6.07, 6.45) is 0. The molecule has 9 heteroatoms. The number of rotatable bonds is 9. The van der Waals surface area contributed by atoms with Gasteiger partial charge in [0.05, 0.1) is 32.4 Å². The van der Waals surface area contributed by atoms with Crippen LogP contribution in [-0.4, -0.2) is 44.0 Å². The van der Waals surface area contributed by atoms with E-state index in [9.17, 15) is 14.0 Å². The van der Waals surface area contributed by atoms with Gasteiger partial charge in [-0.15, -0.1) is 0 Å². The molecule has 0 aliphatic carbocycles. The first-order chi connectivity index (χ1) is 15.9. The fourth-order valence-electron chi connectivity index (χ4n) is 3.05. The second kappa shape index (κ2) is 10.8. The Morgan fingerprint density at radius 3 is 2.39 bits per heavy atom. The van der Waals surface area contributed by atoms with Crippen molar-refractivity contribution in [1.82, 2.24) is 10.3 Å². The minimum Gasteiger partial charge on any atom is -0.494 e. The molecule has 1 aromatic heterocycles. The molecule has 1 heterocycles. The first-order valence-corrected chi connectivity index (χ1v) is 10.4. The second-order valence-corrected chi connectivity index (χ2v) is 7.19. The van der Waals surface area contributed by atoms with Crippen LogP contribution in [0.2, 0.25) is 5.02 Å². The third-order valence-corrected chi connectivity index (χ3v) is 4.98. The van der Waals surface area contributed by atoms with Crippen LogP contribution in [0, 0.1) is 5.82 Å². The normalized spacial score (nSPS) is 10.5. The van der Waals surface area contributed by atoms with Gasteiger partial charge in [-0.25, -0.2) is 9.37 Å². The standard InChI is InChI=1S/C24H22ClFN2O5/c1-4-33-20-9-6-15(12-22(20)32-3)24(30)27-13-19(29)18-8-10-21(31-2)23(28-18)14-5-7-17(26)16(25)11-14/h5-12H,4,13H2,1-3H3,(H,27,30). The monoisotopic (exact) mass is 472 g/mol. The number of methoxy groups -OCH3 is 2. The highest BCUT2D eigenvalue weighted by Crippen LogP contribution is 2.31. The summed E-state index contributed by atoms with van der Waals surface area (Å²) in [7, 11) is 2.93. The van der Waals surface area contributed by atoms with Gasteiger partial charge in [-0.3, -0.25) is 9.59 Å². The van der Waals surface area contributed by atoms with E-state index in [1.807, 2.05) is 6.92 Å². The molecule has 0 spiro atoms. The minimum absolute atomic E-state index is 0.0777. The van der Waals surface area contributed by atoms with Crippen molar-refractivity contribution >= 4 is 23.3 Å². The molecule has 2 aromatic carbocycles. The molecule has 0 fully saturated rings. The summed E-state index contributed by atoms with van der Waals surface area (Å²) in [6.45, 7) is 2.02. The topological polar surface area (TPSA) is 86.8 Å². The molecule has 0 unspecified atom stereocenters. The number of pyridine rings is 1. The van der Waals surface area contributed by atoms with E-state index in [4.69, 9.17) is 25.8 Å². The summed E-state index contributed by atoms with van der Waals surface area (Å²) in [5, 5.41) is 2.50. The number of amides is 1.